The van der Waals surface area contributed by atoms with Crippen LogP contribution in [0.4, 0.5) is 0 Å². The molecule has 0 heterocycles. The molecule has 0 aromatic heterocycles. The normalized spacial score (nSPS) is 10.9. The van der Waals surface area contributed by atoms with Crippen LogP contribution in [0.2, 0.25) is 0 Å². The third-order valence-corrected chi connectivity index (χ3v) is 1.50. The number of thioether (sulfide) groups is 1. The van der Waals surface area contributed by atoms with E-state index in [1.54, 1.807) is 17.8 Å². The van der Waals surface area contributed by atoms with Gasteiger partial charge in [0.05, 0.1) is 6.07 Å². The van der Waals surface area contributed by atoms with Gasteiger partial charge in [0.15, 0.2) is 0 Å². The molecule has 0 N–H and O–H groups in total. The van der Waals surface area contributed by atoms with Gasteiger partial charge in [-0.2, -0.15) is 5.26 Å². The molecule has 8 heavy (non-hydrogen) atoms. The first-order valence-electron chi connectivity index (χ1n) is 2.50. The Morgan fingerprint density at radius 3 is 2.88 bits per heavy atom. The summed E-state index contributed by atoms with van der Waals surface area (Å²) in [6.07, 6.45) is 1.56. The smallest absolute Gasteiger partial charge is 0.0920 e. The molecule has 0 atom stereocenters. The van der Waals surface area contributed by atoms with E-state index in [1.165, 1.54) is 0 Å². The largest absolute Gasteiger partial charge is 0.193 e. The maximum absolute atomic E-state index is 8.12. The van der Waals surface area contributed by atoms with Crippen molar-refractivity contribution in [2.75, 3.05) is 5.75 Å². The highest BCUT2D eigenvalue weighted by atomic mass is 32.2. The highest BCUT2D eigenvalue weighted by Crippen LogP contribution is 2.11. The first kappa shape index (κ1) is 7.58. The average Bonchev–Trinajstić information content (AvgIpc) is 1.68. The average molecular weight is 127 g/mol. The molecule has 1 nitrogen and oxygen atoms in total. The fourth-order valence-corrected chi connectivity index (χ4v) is 0.952. The van der Waals surface area contributed by atoms with E-state index in [4.69, 9.17) is 5.26 Å². The molecule has 0 saturated heterocycles. The standard InChI is InChI=1S/C6H9NS/c1-3-8-6(2)4-5-7/h4H,3H2,1-2H3/b6-4+. The van der Waals surface area contributed by atoms with Crippen LogP contribution < -0.4 is 0 Å². The van der Waals surface area contributed by atoms with Gasteiger partial charge in [0, 0.05) is 6.08 Å². The van der Waals surface area contributed by atoms with Gasteiger partial charge in [-0.15, -0.1) is 11.8 Å². The van der Waals surface area contributed by atoms with Crippen LogP contribution in [0, 0.1) is 11.3 Å². The minimum absolute atomic E-state index is 1.05. The molecular weight excluding hydrogens is 118 g/mol. The molecule has 0 aliphatic heterocycles. The summed E-state index contributed by atoms with van der Waals surface area (Å²) in [5.41, 5.74) is 0. The second-order valence-corrected chi connectivity index (χ2v) is 2.83. The van der Waals surface area contributed by atoms with E-state index in [2.05, 4.69) is 6.92 Å². The minimum Gasteiger partial charge on any atom is -0.193 e. The molecule has 0 bridgehead atoms. The molecule has 0 rings (SSSR count). The zero-order chi connectivity index (χ0) is 6.41. The first-order chi connectivity index (χ1) is 3.81. The van der Waals surface area contributed by atoms with Crippen molar-refractivity contribution in [3.05, 3.63) is 11.0 Å². The van der Waals surface area contributed by atoms with Gasteiger partial charge < -0.3 is 0 Å². The van der Waals surface area contributed by atoms with Crippen LogP contribution in [-0.2, 0) is 0 Å². The molecule has 0 aliphatic carbocycles. The number of hydrogen-bond donors (Lipinski definition) is 0. The van der Waals surface area contributed by atoms with Crippen molar-refractivity contribution in [1.29, 1.82) is 5.26 Å². The lowest BCUT2D eigenvalue weighted by Gasteiger charge is -1.89. The maximum atomic E-state index is 8.12. The van der Waals surface area contributed by atoms with Crippen molar-refractivity contribution in [3.63, 3.8) is 0 Å². The SMILES string of the molecule is CCS/C(C)=C/C#N. The third-order valence-electron chi connectivity index (χ3n) is 0.640. The van der Waals surface area contributed by atoms with Crippen LogP contribution in [0.3, 0.4) is 0 Å². The van der Waals surface area contributed by atoms with Gasteiger partial charge in [0.25, 0.3) is 0 Å². The van der Waals surface area contributed by atoms with Gasteiger partial charge in [-0.05, 0) is 17.6 Å². The molecule has 0 spiro atoms. The van der Waals surface area contributed by atoms with E-state index in [-0.39, 0.29) is 0 Å². The van der Waals surface area contributed by atoms with Gasteiger partial charge in [-0.25, -0.2) is 0 Å². The fraction of sp³-hybridized carbons (Fsp3) is 0.500. The van der Waals surface area contributed by atoms with E-state index in [0.717, 1.165) is 10.7 Å². The van der Waals surface area contributed by atoms with Crippen molar-refractivity contribution >= 4 is 11.8 Å². The lowest BCUT2D eigenvalue weighted by Crippen LogP contribution is -1.66. The molecule has 2 heteroatoms. The van der Waals surface area contributed by atoms with Crippen molar-refractivity contribution in [1.82, 2.24) is 0 Å². The van der Waals surface area contributed by atoms with Crippen LogP contribution in [0.15, 0.2) is 11.0 Å². The maximum Gasteiger partial charge on any atom is 0.0920 e. The van der Waals surface area contributed by atoms with Crippen LogP contribution in [0.25, 0.3) is 0 Å². The molecule has 0 unspecified atom stereocenters. The molecule has 0 radical (unpaired) electrons. The molecule has 0 aliphatic rings. The monoisotopic (exact) mass is 127 g/mol. The van der Waals surface area contributed by atoms with E-state index in [0.29, 0.717) is 0 Å². The van der Waals surface area contributed by atoms with Gasteiger partial charge in [-0.3, -0.25) is 0 Å². The second kappa shape index (κ2) is 4.73. The Hall–Kier alpha value is -0.420. The predicted molar refractivity (Wildman–Crippen MR) is 37.5 cm³/mol. The summed E-state index contributed by atoms with van der Waals surface area (Å²) >= 11 is 1.69. The Bertz CT molecular complexity index is 121. The Morgan fingerprint density at radius 2 is 2.50 bits per heavy atom. The highest BCUT2D eigenvalue weighted by Gasteiger charge is 1.82. The summed E-state index contributed by atoms with van der Waals surface area (Å²) in [4.78, 5) is 1.09. The fourth-order valence-electron chi connectivity index (χ4n) is 0.360. The summed E-state index contributed by atoms with van der Waals surface area (Å²) in [5, 5.41) is 8.12. The van der Waals surface area contributed by atoms with E-state index >= 15 is 0 Å². The van der Waals surface area contributed by atoms with E-state index < -0.39 is 0 Å². The topological polar surface area (TPSA) is 23.8 Å². The van der Waals surface area contributed by atoms with Crippen LogP contribution in [0.5, 0.6) is 0 Å². The van der Waals surface area contributed by atoms with Gasteiger partial charge >= 0.3 is 0 Å². The first-order valence-corrected chi connectivity index (χ1v) is 3.49. The van der Waals surface area contributed by atoms with Crippen molar-refractivity contribution < 1.29 is 0 Å². The lowest BCUT2D eigenvalue weighted by atomic mass is 10.6. The Labute approximate surface area is 54.4 Å². The molecule has 44 valence electrons. The summed E-state index contributed by atoms with van der Waals surface area (Å²) in [7, 11) is 0. The number of allylic oxidation sites excluding steroid dienone is 2. The van der Waals surface area contributed by atoms with Gasteiger partial charge in [0.1, 0.15) is 0 Å². The summed E-state index contributed by atoms with van der Waals surface area (Å²) in [6, 6.07) is 1.97. The second-order valence-electron chi connectivity index (χ2n) is 1.32. The summed E-state index contributed by atoms with van der Waals surface area (Å²) in [6.45, 7) is 4.01. The zero-order valence-corrected chi connectivity index (χ0v) is 5.96. The van der Waals surface area contributed by atoms with E-state index in [9.17, 15) is 0 Å². The molecule has 0 fully saturated rings. The van der Waals surface area contributed by atoms with Crippen LogP contribution in [-0.4, -0.2) is 5.75 Å². The van der Waals surface area contributed by atoms with Gasteiger partial charge in [-0.1, -0.05) is 6.92 Å². The van der Waals surface area contributed by atoms with Gasteiger partial charge in [0.2, 0.25) is 0 Å². The minimum atomic E-state index is 1.05. The Balaban J connectivity index is 3.49. The molecule has 0 amide bonds. The van der Waals surface area contributed by atoms with E-state index in [1.807, 2.05) is 13.0 Å². The quantitative estimate of drug-likeness (QED) is 0.531. The molecular formula is C6H9NS. The number of nitriles is 1. The summed E-state index contributed by atoms with van der Waals surface area (Å²) in [5.74, 6) is 1.05. The van der Waals surface area contributed by atoms with Crippen LogP contribution in [0.1, 0.15) is 13.8 Å². The number of hydrogen-bond acceptors (Lipinski definition) is 2. The third kappa shape index (κ3) is 3.76. The highest BCUT2D eigenvalue weighted by molar-refractivity contribution is 8.03. The molecule has 0 aromatic rings. The Morgan fingerprint density at radius 1 is 1.88 bits per heavy atom. The van der Waals surface area contributed by atoms with Crippen molar-refractivity contribution in [2.45, 2.75) is 13.8 Å². The van der Waals surface area contributed by atoms with Crippen molar-refractivity contribution in [3.8, 4) is 6.07 Å². The zero-order valence-electron chi connectivity index (χ0n) is 5.14. The predicted octanol–water partition coefficient (Wildman–Crippen LogP) is 2.17. The lowest BCUT2D eigenvalue weighted by molar-refractivity contribution is 1.50. The number of rotatable bonds is 2. The van der Waals surface area contributed by atoms with Crippen LogP contribution >= 0.6 is 11.8 Å². The Kier molecular flexibility index (Phi) is 4.48. The summed E-state index contributed by atoms with van der Waals surface area (Å²) < 4.78 is 0. The molecule has 0 aromatic carbocycles. The van der Waals surface area contributed by atoms with Crippen molar-refractivity contribution in [2.24, 2.45) is 0 Å². The molecule has 0 saturated carbocycles. The number of nitrogens with zero attached hydrogens (tertiary/aromatic N) is 1.